The van der Waals surface area contributed by atoms with Crippen LogP contribution < -0.4 is 5.73 Å². The van der Waals surface area contributed by atoms with E-state index in [0.29, 0.717) is 17.4 Å². The van der Waals surface area contributed by atoms with Crippen molar-refractivity contribution in [1.82, 2.24) is 4.98 Å². The van der Waals surface area contributed by atoms with Gasteiger partial charge in [0.2, 0.25) is 0 Å². The lowest BCUT2D eigenvalue weighted by molar-refractivity contribution is 0.0519. The first kappa shape index (κ1) is 12.9. The number of esters is 1. The van der Waals surface area contributed by atoms with Crippen LogP contribution in [0.5, 0.6) is 0 Å². The van der Waals surface area contributed by atoms with Gasteiger partial charge in [0.05, 0.1) is 6.61 Å². The van der Waals surface area contributed by atoms with Crippen molar-refractivity contribution in [2.75, 3.05) is 12.3 Å². The lowest BCUT2D eigenvalue weighted by atomic mass is 10.4. The van der Waals surface area contributed by atoms with Gasteiger partial charge in [0, 0.05) is 4.88 Å². The number of aromatic nitrogens is 1. The summed E-state index contributed by atoms with van der Waals surface area (Å²) in [5.41, 5.74) is 5.75. The van der Waals surface area contributed by atoms with E-state index in [4.69, 9.17) is 10.5 Å². The molecule has 0 amide bonds. The maximum atomic E-state index is 11.1. The summed E-state index contributed by atoms with van der Waals surface area (Å²) in [6.07, 6.45) is 0. The summed E-state index contributed by atoms with van der Waals surface area (Å²) in [5, 5.41) is 0.399. The number of nitrogens with zero attached hydrogens (tertiary/aromatic N) is 1. The van der Waals surface area contributed by atoms with Crippen molar-refractivity contribution in [1.29, 1.82) is 0 Å². The maximum Gasteiger partial charge on any atom is 0.358 e. The normalized spacial score (nSPS) is 8.86. The van der Waals surface area contributed by atoms with Gasteiger partial charge in [-0.15, -0.1) is 11.3 Å². The van der Waals surface area contributed by atoms with E-state index in [-0.39, 0.29) is 0 Å². The van der Waals surface area contributed by atoms with Crippen LogP contribution in [0.2, 0.25) is 0 Å². The van der Waals surface area contributed by atoms with Crippen LogP contribution >= 0.6 is 11.3 Å². The highest BCUT2D eigenvalue weighted by molar-refractivity contribution is 7.15. The fraction of sp³-hybridized carbons (Fsp3) is 0.556. The zero-order valence-electron chi connectivity index (χ0n) is 8.96. The fourth-order valence-corrected chi connectivity index (χ4v) is 1.48. The first-order valence-corrected chi connectivity index (χ1v) is 5.36. The first-order valence-electron chi connectivity index (χ1n) is 4.55. The minimum atomic E-state index is -0.400. The predicted octanol–water partition coefficient (Wildman–Crippen LogP) is 2.24. The molecular formula is C9H16N2O2S. The van der Waals surface area contributed by atoms with E-state index in [1.165, 1.54) is 11.3 Å². The molecular weight excluding hydrogens is 200 g/mol. The summed E-state index contributed by atoms with van der Waals surface area (Å²) < 4.78 is 4.77. The van der Waals surface area contributed by atoms with Gasteiger partial charge in [-0.1, -0.05) is 13.8 Å². The van der Waals surface area contributed by atoms with Crippen molar-refractivity contribution in [3.05, 3.63) is 10.6 Å². The Hall–Kier alpha value is -1.10. The minimum Gasteiger partial charge on any atom is -0.461 e. The van der Waals surface area contributed by atoms with Crippen LogP contribution in [0, 0.1) is 6.92 Å². The van der Waals surface area contributed by atoms with Crippen LogP contribution in [0.25, 0.3) is 0 Å². The number of hydrogen-bond donors (Lipinski definition) is 1. The molecule has 0 bridgehead atoms. The van der Waals surface area contributed by atoms with Gasteiger partial charge in [-0.3, -0.25) is 0 Å². The number of aryl methyl sites for hydroxylation is 1. The minimum absolute atomic E-state index is 0.333. The second kappa shape index (κ2) is 6.37. The zero-order valence-corrected chi connectivity index (χ0v) is 9.77. The topological polar surface area (TPSA) is 65.2 Å². The molecule has 1 heterocycles. The lowest BCUT2D eigenvalue weighted by Crippen LogP contribution is -2.06. The van der Waals surface area contributed by atoms with Gasteiger partial charge in [0.25, 0.3) is 0 Å². The number of nitrogen functional groups attached to an aromatic ring is 1. The second-order valence-corrected chi connectivity index (χ2v) is 3.41. The van der Waals surface area contributed by atoms with E-state index < -0.39 is 5.97 Å². The van der Waals surface area contributed by atoms with E-state index in [2.05, 4.69) is 4.98 Å². The maximum absolute atomic E-state index is 11.1. The quantitative estimate of drug-likeness (QED) is 0.770. The number of thiazole rings is 1. The molecule has 80 valence electrons. The molecule has 5 heteroatoms. The Kier molecular flexibility index (Phi) is 5.87. The third kappa shape index (κ3) is 3.33. The van der Waals surface area contributed by atoms with Gasteiger partial charge in [0.1, 0.15) is 0 Å². The third-order valence-corrected chi connectivity index (χ3v) is 2.08. The number of carbonyl (C=O) groups excluding carboxylic acids is 1. The number of anilines is 1. The third-order valence-electron chi connectivity index (χ3n) is 1.28. The van der Waals surface area contributed by atoms with E-state index in [9.17, 15) is 4.79 Å². The SMILES string of the molecule is CC.CCOC(=O)c1nc(N)sc1C. The summed E-state index contributed by atoms with van der Waals surface area (Å²) in [7, 11) is 0. The van der Waals surface area contributed by atoms with Gasteiger partial charge in [0.15, 0.2) is 10.8 Å². The van der Waals surface area contributed by atoms with Gasteiger partial charge < -0.3 is 10.5 Å². The molecule has 1 rings (SSSR count). The van der Waals surface area contributed by atoms with Crippen LogP contribution in [0.4, 0.5) is 5.13 Å². The molecule has 0 saturated carbocycles. The molecule has 0 aromatic carbocycles. The molecule has 0 aliphatic heterocycles. The fourth-order valence-electron chi connectivity index (χ4n) is 0.806. The van der Waals surface area contributed by atoms with Crippen molar-refractivity contribution in [2.24, 2.45) is 0 Å². The Morgan fingerprint density at radius 2 is 2.14 bits per heavy atom. The standard InChI is InChI=1S/C7H10N2O2S.C2H6/c1-3-11-6(10)5-4(2)12-7(8)9-5;1-2/h3H2,1-2H3,(H2,8,9);1-2H3. The number of hydrogen-bond acceptors (Lipinski definition) is 5. The van der Waals surface area contributed by atoms with Crippen LogP contribution in [0.15, 0.2) is 0 Å². The predicted molar refractivity (Wildman–Crippen MR) is 58.6 cm³/mol. The van der Waals surface area contributed by atoms with Crippen LogP contribution in [0.3, 0.4) is 0 Å². The van der Waals surface area contributed by atoms with Crippen molar-refractivity contribution in [3.8, 4) is 0 Å². The Balaban J connectivity index is 0.000000791. The number of ether oxygens (including phenoxy) is 1. The van der Waals surface area contributed by atoms with Gasteiger partial charge >= 0.3 is 5.97 Å². The number of carbonyl (C=O) groups is 1. The van der Waals surface area contributed by atoms with Crippen molar-refractivity contribution < 1.29 is 9.53 Å². The molecule has 1 aromatic rings. The molecule has 0 aliphatic carbocycles. The number of nitrogens with two attached hydrogens (primary N) is 1. The van der Waals surface area contributed by atoms with Gasteiger partial charge in [-0.25, -0.2) is 9.78 Å². The highest BCUT2D eigenvalue weighted by atomic mass is 32.1. The summed E-state index contributed by atoms with van der Waals surface area (Å²) in [6, 6.07) is 0. The van der Waals surface area contributed by atoms with Crippen molar-refractivity contribution in [3.63, 3.8) is 0 Å². The molecule has 4 nitrogen and oxygen atoms in total. The molecule has 2 N–H and O–H groups in total. The van der Waals surface area contributed by atoms with E-state index in [0.717, 1.165) is 4.88 Å². The average Bonchev–Trinajstić information content (AvgIpc) is 2.49. The lowest BCUT2D eigenvalue weighted by Gasteiger charge is -1.97. The summed E-state index contributed by atoms with van der Waals surface area (Å²) in [6.45, 7) is 7.90. The smallest absolute Gasteiger partial charge is 0.358 e. The monoisotopic (exact) mass is 216 g/mol. The second-order valence-electron chi connectivity index (χ2n) is 2.18. The Bertz CT molecular complexity index is 297. The molecule has 0 saturated heterocycles. The first-order chi connectivity index (χ1) is 6.65. The highest BCUT2D eigenvalue weighted by Gasteiger charge is 2.14. The van der Waals surface area contributed by atoms with Crippen molar-refractivity contribution >= 4 is 22.4 Å². The summed E-state index contributed by atoms with van der Waals surface area (Å²) in [5.74, 6) is -0.400. The summed E-state index contributed by atoms with van der Waals surface area (Å²) >= 11 is 1.29. The Labute approximate surface area is 88.1 Å². The van der Waals surface area contributed by atoms with E-state index >= 15 is 0 Å². The Morgan fingerprint density at radius 1 is 1.57 bits per heavy atom. The molecule has 0 aliphatic rings. The van der Waals surface area contributed by atoms with Crippen LogP contribution in [-0.2, 0) is 4.74 Å². The van der Waals surface area contributed by atoms with Crippen molar-refractivity contribution in [2.45, 2.75) is 27.7 Å². The zero-order chi connectivity index (χ0) is 11.1. The van der Waals surface area contributed by atoms with Gasteiger partial charge in [-0.2, -0.15) is 0 Å². The molecule has 0 fully saturated rings. The molecule has 0 radical (unpaired) electrons. The molecule has 0 unspecified atom stereocenters. The van der Waals surface area contributed by atoms with E-state index in [1.807, 2.05) is 13.8 Å². The molecule has 0 atom stereocenters. The van der Waals surface area contributed by atoms with Gasteiger partial charge in [-0.05, 0) is 13.8 Å². The largest absolute Gasteiger partial charge is 0.461 e. The Morgan fingerprint density at radius 3 is 2.50 bits per heavy atom. The summed E-state index contributed by atoms with van der Waals surface area (Å²) in [4.78, 5) is 15.8. The van der Waals surface area contributed by atoms with Crippen LogP contribution in [0.1, 0.15) is 36.1 Å². The van der Waals surface area contributed by atoms with Crippen LogP contribution in [-0.4, -0.2) is 17.6 Å². The molecule has 1 aromatic heterocycles. The molecule has 14 heavy (non-hydrogen) atoms. The van der Waals surface area contributed by atoms with E-state index in [1.54, 1.807) is 13.8 Å². The average molecular weight is 216 g/mol. The number of rotatable bonds is 2. The molecule has 0 spiro atoms. The highest BCUT2D eigenvalue weighted by Crippen LogP contribution is 2.19.